The zero-order valence-corrected chi connectivity index (χ0v) is 20.3. The van der Waals surface area contributed by atoms with E-state index in [0.29, 0.717) is 16.7 Å². The minimum atomic E-state index is 0.608. The van der Waals surface area contributed by atoms with Gasteiger partial charge in [-0.05, 0) is 36.8 Å². The summed E-state index contributed by atoms with van der Waals surface area (Å²) in [5.74, 6) is 3.00. The number of anilines is 1. The average molecular weight is 481 g/mol. The van der Waals surface area contributed by atoms with Crippen LogP contribution in [0.25, 0.3) is 16.3 Å². The fraction of sp³-hybridized carbons (Fsp3) is 0.304. The summed E-state index contributed by atoms with van der Waals surface area (Å²) in [6.45, 7) is 0. The van der Waals surface area contributed by atoms with E-state index in [1.165, 1.54) is 28.8 Å². The first-order valence-electron chi connectivity index (χ1n) is 10.6. The van der Waals surface area contributed by atoms with E-state index in [1.807, 2.05) is 29.8 Å². The van der Waals surface area contributed by atoms with Crippen LogP contribution in [0.5, 0.6) is 0 Å². The Labute approximate surface area is 199 Å². The SMILES string of the molecule is Cn1c(CSc2nc(N)c3c4c(sc3n2)CCCC4)nnc1SC/C=C/c1ccccc1. The Morgan fingerprint density at radius 1 is 1.09 bits per heavy atom. The lowest BCUT2D eigenvalue weighted by Gasteiger charge is -2.10. The highest BCUT2D eigenvalue weighted by Crippen LogP contribution is 2.38. The second-order valence-corrected chi connectivity index (χ2v) is 10.7. The number of hydrogen-bond acceptors (Lipinski definition) is 8. The third-order valence-electron chi connectivity index (χ3n) is 5.50. The van der Waals surface area contributed by atoms with E-state index in [0.717, 1.165) is 39.8 Å². The molecule has 3 heterocycles. The number of thioether (sulfide) groups is 2. The summed E-state index contributed by atoms with van der Waals surface area (Å²) in [6.07, 6.45) is 8.98. The molecule has 2 N–H and O–H groups in total. The molecular formula is C23H24N6S3. The van der Waals surface area contributed by atoms with Crippen molar-refractivity contribution in [3.63, 3.8) is 0 Å². The molecule has 5 rings (SSSR count). The van der Waals surface area contributed by atoms with Gasteiger partial charge in [0.2, 0.25) is 0 Å². The quantitative estimate of drug-likeness (QED) is 0.281. The van der Waals surface area contributed by atoms with Gasteiger partial charge in [-0.3, -0.25) is 0 Å². The van der Waals surface area contributed by atoms with Crippen molar-refractivity contribution in [2.24, 2.45) is 7.05 Å². The summed E-state index contributed by atoms with van der Waals surface area (Å²) in [4.78, 5) is 11.8. The minimum Gasteiger partial charge on any atom is -0.383 e. The van der Waals surface area contributed by atoms with Gasteiger partial charge in [0.05, 0.1) is 11.1 Å². The van der Waals surface area contributed by atoms with Crippen molar-refractivity contribution in [2.75, 3.05) is 11.5 Å². The number of nitrogens with two attached hydrogens (primary N) is 1. The number of thiophene rings is 1. The van der Waals surface area contributed by atoms with Gasteiger partial charge in [0, 0.05) is 17.7 Å². The molecule has 0 bridgehead atoms. The van der Waals surface area contributed by atoms with Crippen molar-refractivity contribution < 1.29 is 0 Å². The molecule has 1 aliphatic carbocycles. The van der Waals surface area contributed by atoms with Gasteiger partial charge in [-0.15, -0.1) is 21.5 Å². The number of rotatable bonds is 7. The van der Waals surface area contributed by atoms with Crippen molar-refractivity contribution >= 4 is 57.0 Å². The van der Waals surface area contributed by atoms with E-state index >= 15 is 0 Å². The highest BCUT2D eigenvalue weighted by molar-refractivity contribution is 7.99. The normalized spacial score (nSPS) is 13.8. The summed E-state index contributed by atoms with van der Waals surface area (Å²) in [7, 11) is 2.00. The van der Waals surface area contributed by atoms with E-state index in [-0.39, 0.29) is 0 Å². The number of hydrogen-bond donors (Lipinski definition) is 1. The summed E-state index contributed by atoms with van der Waals surface area (Å²) in [5.41, 5.74) is 8.91. The lowest BCUT2D eigenvalue weighted by Crippen LogP contribution is -2.02. The molecule has 0 saturated heterocycles. The Bertz CT molecular complexity index is 1260. The highest BCUT2D eigenvalue weighted by atomic mass is 32.2. The molecule has 0 atom stereocenters. The average Bonchev–Trinajstić information content (AvgIpc) is 3.36. The smallest absolute Gasteiger partial charge is 0.191 e. The molecule has 0 unspecified atom stereocenters. The first kappa shape index (κ1) is 21.5. The second-order valence-electron chi connectivity index (χ2n) is 7.65. The number of fused-ring (bicyclic) bond motifs is 3. The number of benzene rings is 1. The number of nitrogens with zero attached hydrogens (tertiary/aromatic N) is 5. The van der Waals surface area contributed by atoms with E-state index in [2.05, 4.69) is 39.5 Å². The van der Waals surface area contributed by atoms with Crippen LogP contribution in [-0.4, -0.2) is 30.5 Å². The Balaban J connectivity index is 1.23. The molecule has 0 radical (unpaired) electrons. The van der Waals surface area contributed by atoms with Crippen LogP contribution in [0.15, 0.2) is 46.7 Å². The van der Waals surface area contributed by atoms with Crippen molar-refractivity contribution in [2.45, 2.75) is 41.7 Å². The maximum Gasteiger partial charge on any atom is 0.191 e. The zero-order valence-electron chi connectivity index (χ0n) is 17.8. The molecule has 6 nitrogen and oxygen atoms in total. The number of nitrogen functional groups attached to an aromatic ring is 1. The molecule has 0 spiro atoms. The fourth-order valence-electron chi connectivity index (χ4n) is 3.83. The van der Waals surface area contributed by atoms with Gasteiger partial charge >= 0.3 is 0 Å². The van der Waals surface area contributed by atoms with Gasteiger partial charge < -0.3 is 10.3 Å². The Morgan fingerprint density at radius 2 is 1.94 bits per heavy atom. The molecular weight excluding hydrogens is 456 g/mol. The molecule has 0 amide bonds. The first-order chi connectivity index (χ1) is 15.7. The molecule has 0 saturated carbocycles. The molecule has 1 aliphatic rings. The molecule has 9 heteroatoms. The van der Waals surface area contributed by atoms with Crippen LogP contribution in [0.1, 0.15) is 34.7 Å². The van der Waals surface area contributed by atoms with Crippen molar-refractivity contribution in [3.8, 4) is 0 Å². The van der Waals surface area contributed by atoms with Crippen LogP contribution >= 0.6 is 34.9 Å². The van der Waals surface area contributed by atoms with E-state index in [9.17, 15) is 0 Å². The van der Waals surface area contributed by atoms with Crippen LogP contribution in [-0.2, 0) is 25.6 Å². The van der Waals surface area contributed by atoms with Crippen LogP contribution < -0.4 is 5.73 Å². The first-order valence-corrected chi connectivity index (χ1v) is 13.4. The fourth-order valence-corrected chi connectivity index (χ4v) is 6.72. The van der Waals surface area contributed by atoms with Gasteiger partial charge in [-0.1, -0.05) is 66.0 Å². The lowest BCUT2D eigenvalue weighted by molar-refractivity contribution is 0.700. The summed E-state index contributed by atoms with van der Waals surface area (Å²) >= 11 is 5.01. The highest BCUT2D eigenvalue weighted by Gasteiger charge is 2.20. The molecule has 0 fully saturated rings. The summed E-state index contributed by atoms with van der Waals surface area (Å²) in [5, 5.41) is 11.4. The largest absolute Gasteiger partial charge is 0.383 e. The van der Waals surface area contributed by atoms with Crippen molar-refractivity contribution in [1.29, 1.82) is 0 Å². The zero-order chi connectivity index (χ0) is 21.9. The second kappa shape index (κ2) is 9.64. The predicted molar refractivity (Wildman–Crippen MR) is 135 cm³/mol. The van der Waals surface area contributed by atoms with Crippen LogP contribution in [0, 0.1) is 0 Å². The summed E-state index contributed by atoms with van der Waals surface area (Å²) in [6, 6.07) is 10.3. The number of aromatic nitrogens is 5. The maximum absolute atomic E-state index is 6.34. The van der Waals surface area contributed by atoms with Crippen molar-refractivity contribution in [3.05, 3.63) is 58.2 Å². The van der Waals surface area contributed by atoms with E-state index in [1.54, 1.807) is 34.9 Å². The van der Waals surface area contributed by atoms with Crippen LogP contribution in [0.2, 0.25) is 0 Å². The minimum absolute atomic E-state index is 0.608. The lowest BCUT2D eigenvalue weighted by atomic mass is 9.97. The van der Waals surface area contributed by atoms with E-state index < -0.39 is 0 Å². The Hall–Kier alpha value is -2.36. The summed E-state index contributed by atoms with van der Waals surface area (Å²) < 4.78 is 2.04. The maximum atomic E-state index is 6.34. The molecule has 3 aromatic heterocycles. The molecule has 1 aromatic carbocycles. The topological polar surface area (TPSA) is 82.5 Å². The Kier molecular flexibility index (Phi) is 6.47. The Morgan fingerprint density at radius 3 is 2.81 bits per heavy atom. The predicted octanol–water partition coefficient (Wildman–Crippen LogP) is 5.38. The van der Waals surface area contributed by atoms with Gasteiger partial charge in [0.25, 0.3) is 0 Å². The van der Waals surface area contributed by atoms with E-state index in [4.69, 9.17) is 10.7 Å². The molecule has 32 heavy (non-hydrogen) atoms. The van der Waals surface area contributed by atoms with Gasteiger partial charge in [0.15, 0.2) is 10.3 Å². The molecule has 164 valence electrons. The third kappa shape index (κ3) is 4.55. The van der Waals surface area contributed by atoms with Crippen molar-refractivity contribution in [1.82, 2.24) is 24.7 Å². The monoisotopic (exact) mass is 480 g/mol. The van der Waals surface area contributed by atoms with Gasteiger partial charge in [-0.25, -0.2) is 9.97 Å². The molecule has 4 aromatic rings. The number of aryl methyl sites for hydroxylation is 2. The van der Waals surface area contributed by atoms with Gasteiger partial charge in [-0.2, -0.15) is 0 Å². The van der Waals surface area contributed by atoms with Crippen LogP contribution in [0.4, 0.5) is 5.82 Å². The van der Waals surface area contributed by atoms with Crippen LogP contribution in [0.3, 0.4) is 0 Å². The third-order valence-corrected chi connectivity index (χ3v) is 8.50. The standard InChI is InChI=1S/C23H24N6S3/c1-29-18(27-28-23(29)30-13-7-10-15-8-3-2-4-9-15)14-31-22-25-20(24)19-16-11-5-6-12-17(16)32-21(19)26-22/h2-4,7-10H,5-6,11-14H2,1H3,(H2,24,25,26)/b10-7+. The molecule has 0 aliphatic heterocycles. The van der Waals surface area contributed by atoms with Gasteiger partial charge in [0.1, 0.15) is 16.5 Å².